The summed E-state index contributed by atoms with van der Waals surface area (Å²) in [5, 5.41) is 4.73. The molecular formula is C26H29N5O5S. The van der Waals surface area contributed by atoms with Crippen molar-refractivity contribution < 1.29 is 17.9 Å². The summed E-state index contributed by atoms with van der Waals surface area (Å²) in [7, 11) is -2.46. The van der Waals surface area contributed by atoms with Crippen molar-refractivity contribution in [3.8, 4) is 22.9 Å². The van der Waals surface area contributed by atoms with Gasteiger partial charge in [-0.05, 0) is 57.0 Å². The third-order valence-corrected chi connectivity index (χ3v) is 7.94. The predicted molar refractivity (Wildman–Crippen MR) is 140 cm³/mol. The van der Waals surface area contributed by atoms with Gasteiger partial charge in [0.05, 0.1) is 35.6 Å². The highest BCUT2D eigenvalue weighted by Crippen LogP contribution is 2.35. The van der Waals surface area contributed by atoms with Crippen molar-refractivity contribution in [2.24, 2.45) is 0 Å². The number of methoxy groups -OCH3 is 1. The number of H-pyrrole nitrogens is 1. The quantitative estimate of drug-likeness (QED) is 0.353. The molecule has 4 aromatic rings. The number of nitrogens with zero attached hydrogens (tertiary/aromatic N) is 3. The minimum absolute atomic E-state index is 0.00523. The van der Waals surface area contributed by atoms with Gasteiger partial charge in [0.15, 0.2) is 11.3 Å². The van der Waals surface area contributed by atoms with Crippen LogP contribution in [0.5, 0.6) is 11.5 Å². The Balaban J connectivity index is 1.62. The summed E-state index contributed by atoms with van der Waals surface area (Å²) in [5.74, 6) is 2.13. The van der Waals surface area contributed by atoms with Gasteiger partial charge in [-0.25, -0.2) is 17.9 Å². The molecule has 1 fully saturated rings. The highest BCUT2D eigenvalue weighted by Gasteiger charge is 2.26. The molecular weight excluding hydrogens is 494 g/mol. The van der Waals surface area contributed by atoms with Gasteiger partial charge in [-0.3, -0.25) is 9.52 Å². The molecule has 1 aliphatic carbocycles. The minimum atomic E-state index is -3.97. The summed E-state index contributed by atoms with van der Waals surface area (Å²) in [6.45, 7) is 3.98. The van der Waals surface area contributed by atoms with Crippen LogP contribution >= 0.6 is 0 Å². The summed E-state index contributed by atoms with van der Waals surface area (Å²) in [5.41, 5.74) is 1.39. The second-order valence-electron chi connectivity index (χ2n) is 9.03. The van der Waals surface area contributed by atoms with Crippen LogP contribution in [0.2, 0.25) is 0 Å². The second kappa shape index (κ2) is 9.89. The average Bonchev–Trinajstić information content (AvgIpc) is 3.52. The zero-order valence-corrected chi connectivity index (χ0v) is 21.8. The maximum absolute atomic E-state index is 13.3. The molecule has 0 radical (unpaired) electrons. The van der Waals surface area contributed by atoms with E-state index in [1.54, 1.807) is 41.8 Å². The molecule has 1 saturated carbocycles. The van der Waals surface area contributed by atoms with Crippen LogP contribution in [0.4, 0.5) is 5.69 Å². The van der Waals surface area contributed by atoms with Crippen LogP contribution in [-0.4, -0.2) is 41.7 Å². The maximum Gasteiger partial charge on any atom is 0.277 e. The van der Waals surface area contributed by atoms with Crippen LogP contribution in [0.15, 0.2) is 52.2 Å². The fourth-order valence-corrected chi connectivity index (χ4v) is 5.88. The van der Waals surface area contributed by atoms with Crippen LogP contribution in [0, 0.1) is 6.92 Å². The van der Waals surface area contributed by atoms with Crippen molar-refractivity contribution >= 4 is 21.2 Å². The van der Waals surface area contributed by atoms with Gasteiger partial charge in [0, 0.05) is 12.0 Å². The number of fused-ring (bicyclic) bond motifs is 1. The van der Waals surface area contributed by atoms with Crippen molar-refractivity contribution in [1.29, 1.82) is 0 Å². The predicted octanol–water partition coefficient (Wildman–Crippen LogP) is 4.26. The smallest absolute Gasteiger partial charge is 0.277 e. The molecule has 0 unspecified atom stereocenters. The third-order valence-electron chi connectivity index (χ3n) is 6.56. The monoisotopic (exact) mass is 523 g/mol. The molecule has 2 aromatic carbocycles. The van der Waals surface area contributed by atoms with Crippen molar-refractivity contribution in [3.05, 3.63) is 64.3 Å². The first kappa shape index (κ1) is 24.8. The van der Waals surface area contributed by atoms with E-state index in [4.69, 9.17) is 14.6 Å². The Kier molecular flexibility index (Phi) is 6.63. The van der Waals surface area contributed by atoms with Crippen molar-refractivity contribution in [2.45, 2.75) is 50.3 Å². The van der Waals surface area contributed by atoms with Crippen LogP contribution in [0.25, 0.3) is 16.9 Å². The number of imidazole rings is 1. The Labute approximate surface area is 214 Å². The largest absolute Gasteiger partial charge is 0.497 e. The van der Waals surface area contributed by atoms with E-state index in [1.807, 2.05) is 6.92 Å². The number of rotatable bonds is 8. The van der Waals surface area contributed by atoms with Crippen LogP contribution in [0.3, 0.4) is 0 Å². The highest BCUT2D eigenvalue weighted by atomic mass is 32.2. The lowest BCUT2D eigenvalue weighted by Gasteiger charge is -2.14. The number of ether oxygens (including phenoxy) is 2. The van der Waals surface area contributed by atoms with Gasteiger partial charge in [0.2, 0.25) is 0 Å². The number of hydrogen-bond acceptors (Lipinski definition) is 7. The van der Waals surface area contributed by atoms with E-state index in [0.717, 1.165) is 31.5 Å². The normalized spacial score (nSPS) is 14.2. The molecule has 1 aliphatic rings. The summed E-state index contributed by atoms with van der Waals surface area (Å²) >= 11 is 0. The van der Waals surface area contributed by atoms with Gasteiger partial charge in [-0.2, -0.15) is 0 Å². The zero-order chi connectivity index (χ0) is 26.2. The number of hydrogen-bond donors (Lipinski definition) is 2. The SMILES string of the molecule is CCOc1ccc(S(=O)(=O)Nc2cccc(OC)c2)cc1-c1nn2c(C3CCCC3)nc(C)c2c(=O)[nH]1. The highest BCUT2D eigenvalue weighted by molar-refractivity contribution is 7.92. The molecule has 0 spiro atoms. The van der Waals surface area contributed by atoms with E-state index in [1.165, 1.54) is 19.2 Å². The van der Waals surface area contributed by atoms with Gasteiger partial charge in [0.1, 0.15) is 17.3 Å². The number of aromatic nitrogens is 4. The molecule has 0 aliphatic heterocycles. The number of aromatic amines is 1. The van der Waals surface area contributed by atoms with E-state index in [0.29, 0.717) is 40.6 Å². The lowest BCUT2D eigenvalue weighted by atomic mass is 10.1. The van der Waals surface area contributed by atoms with E-state index in [9.17, 15) is 13.2 Å². The Bertz CT molecular complexity index is 1620. The Morgan fingerprint density at radius 2 is 1.95 bits per heavy atom. The molecule has 10 nitrogen and oxygen atoms in total. The van der Waals surface area contributed by atoms with Gasteiger partial charge >= 0.3 is 0 Å². The van der Waals surface area contributed by atoms with E-state index >= 15 is 0 Å². The lowest BCUT2D eigenvalue weighted by molar-refractivity contribution is 0.341. The Morgan fingerprint density at radius 1 is 1.16 bits per heavy atom. The van der Waals surface area contributed by atoms with E-state index in [2.05, 4.69) is 14.7 Å². The molecule has 194 valence electrons. The van der Waals surface area contributed by atoms with Crippen LogP contribution in [0.1, 0.15) is 50.0 Å². The summed E-state index contributed by atoms with van der Waals surface area (Å²) in [4.78, 5) is 20.6. The Hall–Kier alpha value is -3.86. The summed E-state index contributed by atoms with van der Waals surface area (Å²) in [6, 6.07) is 11.1. The van der Waals surface area contributed by atoms with Crippen molar-refractivity contribution in [2.75, 3.05) is 18.4 Å². The lowest BCUT2D eigenvalue weighted by Crippen LogP contribution is -2.17. The van der Waals surface area contributed by atoms with Crippen molar-refractivity contribution in [3.63, 3.8) is 0 Å². The average molecular weight is 524 g/mol. The second-order valence-corrected chi connectivity index (χ2v) is 10.7. The van der Waals surface area contributed by atoms with Gasteiger partial charge in [0.25, 0.3) is 15.6 Å². The van der Waals surface area contributed by atoms with E-state index < -0.39 is 10.0 Å². The number of benzene rings is 2. The molecule has 2 aromatic heterocycles. The number of aryl methyl sites for hydroxylation is 1. The number of nitrogens with one attached hydrogen (secondary N) is 2. The van der Waals surface area contributed by atoms with E-state index in [-0.39, 0.29) is 22.2 Å². The van der Waals surface area contributed by atoms with Crippen LogP contribution < -0.4 is 19.8 Å². The molecule has 11 heteroatoms. The molecule has 0 saturated heterocycles. The minimum Gasteiger partial charge on any atom is -0.497 e. The zero-order valence-electron chi connectivity index (χ0n) is 20.9. The first-order valence-corrected chi connectivity index (χ1v) is 13.7. The van der Waals surface area contributed by atoms with Crippen LogP contribution in [-0.2, 0) is 10.0 Å². The fourth-order valence-electron chi connectivity index (χ4n) is 4.81. The first-order chi connectivity index (χ1) is 17.8. The molecule has 0 atom stereocenters. The molecule has 0 bridgehead atoms. The molecule has 2 heterocycles. The van der Waals surface area contributed by atoms with Gasteiger partial charge in [-0.1, -0.05) is 18.9 Å². The Morgan fingerprint density at radius 3 is 2.68 bits per heavy atom. The summed E-state index contributed by atoms with van der Waals surface area (Å²) in [6.07, 6.45) is 4.22. The molecule has 37 heavy (non-hydrogen) atoms. The molecule has 0 amide bonds. The topological polar surface area (TPSA) is 128 Å². The maximum atomic E-state index is 13.3. The summed E-state index contributed by atoms with van der Waals surface area (Å²) < 4.78 is 41.7. The van der Waals surface area contributed by atoms with Gasteiger partial charge in [-0.15, -0.1) is 5.10 Å². The number of anilines is 1. The molecule has 5 rings (SSSR count). The van der Waals surface area contributed by atoms with Crippen molar-refractivity contribution in [1.82, 2.24) is 19.6 Å². The van der Waals surface area contributed by atoms with Gasteiger partial charge < -0.3 is 14.5 Å². The first-order valence-electron chi connectivity index (χ1n) is 12.2. The number of sulfonamides is 1. The molecule has 2 N–H and O–H groups in total. The standard InChI is InChI=1S/C26H29N5O5S/c1-4-36-22-13-12-20(37(33,34)30-18-10-7-11-19(14-18)35-3)15-21(22)24-28-26(32)23-16(2)27-25(31(23)29-24)17-8-5-6-9-17/h7,10-15,17,30H,4-6,8-9H2,1-3H3,(H,28,29,32). The fraction of sp³-hybridized carbons (Fsp3) is 0.346. The third kappa shape index (κ3) is 4.78.